The Hall–Kier alpha value is -3.28. The van der Waals surface area contributed by atoms with E-state index in [0.717, 1.165) is 72.8 Å². The second-order valence-corrected chi connectivity index (χ2v) is 9.61. The summed E-state index contributed by atoms with van der Waals surface area (Å²) >= 11 is 1.03. The molecule has 0 radical (unpaired) electrons. The number of carbonyl (C=O) groups is 1. The van der Waals surface area contributed by atoms with Crippen LogP contribution in [0.1, 0.15) is 20.8 Å². The maximum Gasteiger partial charge on any atom is 0.416 e. The molecule has 2 N–H and O–H groups in total. The summed E-state index contributed by atoms with van der Waals surface area (Å²) in [5, 5.41) is 0.408. The third-order valence-electron chi connectivity index (χ3n) is 6.12. The van der Waals surface area contributed by atoms with E-state index < -0.39 is 17.6 Å². The first-order valence-corrected chi connectivity index (χ1v) is 11.9. The van der Waals surface area contributed by atoms with Gasteiger partial charge in [-0.1, -0.05) is 29.5 Å². The monoisotopic (exact) mass is 500 g/mol. The summed E-state index contributed by atoms with van der Waals surface area (Å²) in [4.78, 5) is 25.9. The normalized spacial score (nSPS) is 15.7. The standard InChI is InChI=1S/C24H23F3N6OS/c1-31-7-9-32(10-8-31)13-15-5-6-18-19(11-15)33(14-29-18)23-30-20(21(35-23)22(28)34)16-3-2-4-17(12-16)24(25,26)27/h2-6,11-12,14H,7-10,13H2,1H3,(H2,28,34). The van der Waals surface area contributed by atoms with E-state index in [9.17, 15) is 18.0 Å². The van der Waals surface area contributed by atoms with E-state index in [4.69, 9.17) is 5.73 Å². The Labute approximate surface area is 203 Å². The van der Waals surface area contributed by atoms with Crippen molar-refractivity contribution < 1.29 is 18.0 Å². The highest BCUT2D eigenvalue weighted by molar-refractivity contribution is 7.16. The van der Waals surface area contributed by atoms with Gasteiger partial charge in [0, 0.05) is 38.3 Å². The fourth-order valence-corrected chi connectivity index (χ4v) is 5.11. The summed E-state index contributed by atoms with van der Waals surface area (Å²) in [5.74, 6) is -0.749. The number of amides is 1. The average molecular weight is 501 g/mol. The lowest BCUT2D eigenvalue weighted by Gasteiger charge is -2.32. The first-order valence-electron chi connectivity index (χ1n) is 11.0. The van der Waals surface area contributed by atoms with E-state index >= 15 is 0 Å². The molecule has 0 saturated carbocycles. The molecule has 4 aromatic rings. The topological polar surface area (TPSA) is 80.3 Å². The number of rotatable bonds is 5. The van der Waals surface area contributed by atoms with Crippen molar-refractivity contribution in [3.05, 3.63) is 64.8 Å². The summed E-state index contributed by atoms with van der Waals surface area (Å²) in [7, 11) is 2.12. The zero-order valence-corrected chi connectivity index (χ0v) is 19.7. The number of alkyl halides is 3. The summed E-state index contributed by atoms with van der Waals surface area (Å²) in [5.41, 5.74) is 7.73. The van der Waals surface area contributed by atoms with Crippen LogP contribution in [0.15, 0.2) is 48.8 Å². The van der Waals surface area contributed by atoms with Crippen LogP contribution >= 0.6 is 11.3 Å². The third kappa shape index (κ3) is 4.79. The lowest BCUT2D eigenvalue weighted by molar-refractivity contribution is -0.137. The fourth-order valence-electron chi connectivity index (χ4n) is 4.19. The van der Waals surface area contributed by atoms with E-state index in [2.05, 4.69) is 26.8 Å². The van der Waals surface area contributed by atoms with Gasteiger partial charge in [0.25, 0.3) is 5.91 Å². The number of primary amides is 1. The first kappa shape index (κ1) is 23.5. The van der Waals surface area contributed by atoms with Gasteiger partial charge in [-0.3, -0.25) is 14.3 Å². The number of nitrogens with two attached hydrogens (primary N) is 1. The van der Waals surface area contributed by atoms with Gasteiger partial charge < -0.3 is 10.6 Å². The number of carbonyl (C=O) groups excluding carboxylic acids is 1. The fraction of sp³-hybridized carbons (Fsp3) is 0.292. The number of benzene rings is 2. The highest BCUT2D eigenvalue weighted by atomic mass is 32.1. The van der Waals surface area contributed by atoms with Gasteiger partial charge in [-0.2, -0.15) is 13.2 Å². The molecule has 5 rings (SSSR count). The number of hydrogen-bond donors (Lipinski definition) is 1. The summed E-state index contributed by atoms with van der Waals surface area (Å²) in [6.45, 7) is 4.82. The second kappa shape index (κ2) is 9.06. The third-order valence-corrected chi connectivity index (χ3v) is 7.19. The van der Waals surface area contributed by atoms with Crippen molar-refractivity contribution in [2.75, 3.05) is 33.2 Å². The molecule has 1 amide bonds. The largest absolute Gasteiger partial charge is 0.416 e. The van der Waals surface area contributed by atoms with Crippen LogP contribution in [0.25, 0.3) is 27.4 Å². The Kier molecular flexibility index (Phi) is 6.07. The molecular formula is C24H23F3N6OS. The van der Waals surface area contributed by atoms with E-state index in [1.165, 1.54) is 12.1 Å². The number of halogens is 3. The molecule has 1 saturated heterocycles. The molecular weight excluding hydrogens is 477 g/mol. The molecule has 0 bridgehead atoms. The van der Waals surface area contributed by atoms with Gasteiger partial charge in [-0.25, -0.2) is 9.97 Å². The lowest BCUT2D eigenvalue weighted by atomic mass is 10.1. The van der Waals surface area contributed by atoms with E-state index in [1.54, 1.807) is 10.9 Å². The Balaban J connectivity index is 1.52. The number of nitrogens with zero attached hydrogens (tertiary/aromatic N) is 5. The quantitative estimate of drug-likeness (QED) is 0.448. The van der Waals surface area contributed by atoms with Crippen LogP contribution in [-0.4, -0.2) is 63.5 Å². The molecule has 2 aromatic heterocycles. The van der Waals surface area contributed by atoms with Gasteiger partial charge in [0.1, 0.15) is 11.2 Å². The molecule has 0 spiro atoms. The molecule has 11 heteroatoms. The minimum absolute atomic E-state index is 0.0924. The number of thiazole rings is 1. The summed E-state index contributed by atoms with van der Waals surface area (Å²) < 4.78 is 41.5. The maximum atomic E-state index is 13.2. The minimum atomic E-state index is -4.51. The number of aromatic nitrogens is 3. The molecule has 1 fully saturated rings. The predicted molar refractivity (Wildman–Crippen MR) is 128 cm³/mol. The average Bonchev–Trinajstić information content (AvgIpc) is 3.44. The molecule has 35 heavy (non-hydrogen) atoms. The van der Waals surface area contributed by atoms with E-state index in [-0.39, 0.29) is 16.1 Å². The Morgan fingerprint density at radius 1 is 1.11 bits per heavy atom. The molecule has 182 valence electrons. The van der Waals surface area contributed by atoms with Gasteiger partial charge in [-0.15, -0.1) is 0 Å². The van der Waals surface area contributed by atoms with Gasteiger partial charge >= 0.3 is 6.18 Å². The Bertz CT molecular complexity index is 1390. The second-order valence-electron chi connectivity index (χ2n) is 8.63. The highest BCUT2D eigenvalue weighted by Crippen LogP contribution is 2.35. The molecule has 2 aromatic carbocycles. The van der Waals surface area contributed by atoms with Crippen molar-refractivity contribution in [1.29, 1.82) is 0 Å². The molecule has 1 aliphatic rings. The predicted octanol–water partition coefficient (Wildman–Crippen LogP) is 4.01. The first-order chi connectivity index (χ1) is 16.7. The van der Waals surface area contributed by atoms with Crippen molar-refractivity contribution in [3.8, 4) is 16.4 Å². The van der Waals surface area contributed by atoms with E-state index in [0.29, 0.717) is 5.13 Å². The number of fused-ring (bicyclic) bond motifs is 1. The zero-order valence-electron chi connectivity index (χ0n) is 18.9. The molecule has 1 aliphatic heterocycles. The smallest absolute Gasteiger partial charge is 0.365 e. The van der Waals surface area contributed by atoms with Crippen molar-refractivity contribution in [3.63, 3.8) is 0 Å². The maximum absolute atomic E-state index is 13.2. The Morgan fingerprint density at radius 3 is 2.60 bits per heavy atom. The Morgan fingerprint density at radius 2 is 1.89 bits per heavy atom. The van der Waals surface area contributed by atoms with Crippen LogP contribution in [0.3, 0.4) is 0 Å². The number of imidazole rings is 1. The zero-order chi connectivity index (χ0) is 24.7. The molecule has 7 nitrogen and oxygen atoms in total. The van der Waals surface area contributed by atoms with Crippen LogP contribution in [0, 0.1) is 0 Å². The minimum Gasteiger partial charge on any atom is -0.365 e. The SMILES string of the molecule is CN1CCN(Cc2ccc3ncn(-c4nc(-c5cccc(C(F)(F)F)c5)c(C(N)=O)s4)c3c2)CC1. The van der Waals surface area contributed by atoms with Crippen molar-refractivity contribution >= 4 is 28.3 Å². The molecule has 0 atom stereocenters. The number of hydrogen-bond acceptors (Lipinski definition) is 6. The van der Waals surface area contributed by atoms with Gasteiger partial charge in [-0.05, 0) is 36.9 Å². The van der Waals surface area contributed by atoms with Crippen LogP contribution in [-0.2, 0) is 12.7 Å². The highest BCUT2D eigenvalue weighted by Gasteiger charge is 2.31. The number of likely N-dealkylation sites (N-methyl/N-ethyl adjacent to an activating group) is 1. The molecule has 3 heterocycles. The summed E-state index contributed by atoms with van der Waals surface area (Å²) in [6.07, 6.45) is -2.91. The van der Waals surface area contributed by atoms with Crippen LogP contribution in [0.5, 0.6) is 0 Å². The molecule has 0 aliphatic carbocycles. The summed E-state index contributed by atoms with van der Waals surface area (Å²) in [6, 6.07) is 10.8. The lowest BCUT2D eigenvalue weighted by Crippen LogP contribution is -2.43. The van der Waals surface area contributed by atoms with Crippen LogP contribution < -0.4 is 5.73 Å². The van der Waals surface area contributed by atoms with E-state index in [1.807, 2.05) is 18.2 Å². The van der Waals surface area contributed by atoms with Crippen molar-refractivity contribution in [2.45, 2.75) is 12.7 Å². The van der Waals surface area contributed by atoms with Gasteiger partial charge in [0.05, 0.1) is 22.3 Å². The number of piperazine rings is 1. The molecule has 0 unspecified atom stereocenters. The van der Waals surface area contributed by atoms with Crippen molar-refractivity contribution in [1.82, 2.24) is 24.3 Å². The van der Waals surface area contributed by atoms with Gasteiger partial charge in [0.2, 0.25) is 0 Å². The van der Waals surface area contributed by atoms with Crippen molar-refractivity contribution in [2.24, 2.45) is 5.73 Å². The van der Waals surface area contributed by atoms with Crippen LogP contribution in [0.4, 0.5) is 13.2 Å². The van der Waals surface area contributed by atoms with Crippen LogP contribution in [0.2, 0.25) is 0 Å². The van der Waals surface area contributed by atoms with Gasteiger partial charge in [0.15, 0.2) is 5.13 Å².